The molecule has 3 heteroatoms. The Balaban J connectivity index is 1.61. The van der Waals surface area contributed by atoms with Crippen LogP contribution >= 0.6 is 0 Å². The molecule has 124 valence electrons. The van der Waals surface area contributed by atoms with Crippen LogP contribution in [0.15, 0.2) is 66.7 Å². The van der Waals surface area contributed by atoms with Crippen molar-refractivity contribution in [2.75, 3.05) is 19.6 Å². The monoisotopic (exact) mass is 320 g/mol. The minimum Gasteiger partial charge on any atom is -0.351 e. The number of benzene rings is 2. The van der Waals surface area contributed by atoms with Crippen LogP contribution in [-0.2, 0) is 4.79 Å². The predicted molar refractivity (Wildman–Crippen MR) is 98.5 cm³/mol. The van der Waals surface area contributed by atoms with E-state index in [0.717, 1.165) is 18.7 Å². The second-order valence-corrected chi connectivity index (χ2v) is 6.16. The molecule has 3 rings (SSSR count). The van der Waals surface area contributed by atoms with Crippen LogP contribution in [0.1, 0.15) is 30.0 Å². The zero-order valence-corrected chi connectivity index (χ0v) is 13.9. The van der Waals surface area contributed by atoms with Crippen molar-refractivity contribution in [1.82, 2.24) is 10.2 Å². The van der Waals surface area contributed by atoms with Gasteiger partial charge in [0.25, 0.3) is 0 Å². The smallest absolute Gasteiger partial charge is 0.244 e. The molecular weight excluding hydrogens is 296 g/mol. The zero-order valence-electron chi connectivity index (χ0n) is 13.9. The van der Waals surface area contributed by atoms with Crippen LogP contribution in [0.5, 0.6) is 0 Å². The van der Waals surface area contributed by atoms with Crippen LogP contribution in [0.25, 0.3) is 6.08 Å². The molecule has 1 unspecified atom stereocenters. The molecule has 1 heterocycles. The Morgan fingerprint density at radius 2 is 1.62 bits per heavy atom. The molecule has 0 saturated carbocycles. The summed E-state index contributed by atoms with van der Waals surface area (Å²) in [6.07, 6.45) is 5.94. The highest BCUT2D eigenvalue weighted by atomic mass is 16.1. The number of hydrogen-bond donors (Lipinski definition) is 1. The third kappa shape index (κ3) is 4.56. The number of likely N-dealkylation sites (tertiary alicyclic amines) is 1. The number of hydrogen-bond acceptors (Lipinski definition) is 2. The maximum Gasteiger partial charge on any atom is 0.244 e. The number of nitrogens with one attached hydrogen (secondary N) is 1. The van der Waals surface area contributed by atoms with E-state index in [2.05, 4.69) is 34.5 Å². The summed E-state index contributed by atoms with van der Waals surface area (Å²) < 4.78 is 0. The topological polar surface area (TPSA) is 32.3 Å². The highest BCUT2D eigenvalue weighted by Crippen LogP contribution is 2.24. The van der Waals surface area contributed by atoms with Gasteiger partial charge < -0.3 is 5.32 Å². The molecule has 1 saturated heterocycles. The number of amides is 1. The molecule has 1 fully saturated rings. The SMILES string of the molecule is O=C(/C=C/c1ccccc1)NCC(c1ccccc1)N1CCCC1. The standard InChI is InChI=1S/C21H24N2O/c24-21(14-13-18-9-3-1-4-10-18)22-17-20(23-15-7-8-16-23)19-11-5-2-6-12-19/h1-6,9-14,20H,7-8,15-17H2,(H,22,24)/b14-13+. The summed E-state index contributed by atoms with van der Waals surface area (Å²) in [4.78, 5) is 14.6. The summed E-state index contributed by atoms with van der Waals surface area (Å²) >= 11 is 0. The molecule has 1 aliphatic rings. The maximum atomic E-state index is 12.2. The maximum absolute atomic E-state index is 12.2. The largest absolute Gasteiger partial charge is 0.351 e. The van der Waals surface area contributed by atoms with Crippen LogP contribution in [-0.4, -0.2) is 30.4 Å². The van der Waals surface area contributed by atoms with Crippen molar-refractivity contribution in [1.29, 1.82) is 0 Å². The van der Waals surface area contributed by atoms with E-state index in [1.807, 2.05) is 42.5 Å². The van der Waals surface area contributed by atoms with Gasteiger partial charge in [-0.05, 0) is 43.1 Å². The van der Waals surface area contributed by atoms with Gasteiger partial charge in [-0.15, -0.1) is 0 Å². The molecule has 0 aromatic heterocycles. The second-order valence-electron chi connectivity index (χ2n) is 6.16. The molecule has 0 bridgehead atoms. The van der Waals surface area contributed by atoms with E-state index in [1.54, 1.807) is 6.08 Å². The van der Waals surface area contributed by atoms with Gasteiger partial charge in [0, 0.05) is 12.6 Å². The van der Waals surface area contributed by atoms with Crippen LogP contribution in [0.3, 0.4) is 0 Å². The minimum atomic E-state index is -0.0426. The molecule has 0 aliphatic carbocycles. The van der Waals surface area contributed by atoms with E-state index in [1.165, 1.54) is 18.4 Å². The summed E-state index contributed by atoms with van der Waals surface area (Å²) in [5.74, 6) is -0.0426. The fourth-order valence-electron chi connectivity index (χ4n) is 3.18. The van der Waals surface area contributed by atoms with Gasteiger partial charge >= 0.3 is 0 Å². The van der Waals surface area contributed by atoms with Crippen molar-refractivity contribution in [2.24, 2.45) is 0 Å². The van der Waals surface area contributed by atoms with Crippen LogP contribution in [0, 0.1) is 0 Å². The molecule has 2 aromatic carbocycles. The lowest BCUT2D eigenvalue weighted by atomic mass is 10.1. The van der Waals surface area contributed by atoms with Gasteiger partial charge in [-0.1, -0.05) is 60.7 Å². The molecule has 1 aliphatic heterocycles. The zero-order chi connectivity index (χ0) is 16.6. The Kier molecular flexibility index (Phi) is 5.80. The average molecular weight is 320 g/mol. The Morgan fingerprint density at radius 1 is 1.00 bits per heavy atom. The van der Waals surface area contributed by atoms with Crippen LogP contribution in [0.4, 0.5) is 0 Å². The first-order valence-electron chi connectivity index (χ1n) is 8.63. The minimum absolute atomic E-state index is 0.0426. The average Bonchev–Trinajstić information content (AvgIpc) is 3.16. The van der Waals surface area contributed by atoms with E-state index >= 15 is 0 Å². The Morgan fingerprint density at radius 3 is 2.29 bits per heavy atom. The number of rotatable bonds is 6. The normalized spacial score (nSPS) is 16.3. The Hall–Kier alpha value is -2.39. The Labute approximate surface area is 144 Å². The number of nitrogens with zero attached hydrogens (tertiary/aromatic N) is 1. The third-order valence-corrected chi connectivity index (χ3v) is 4.46. The van der Waals surface area contributed by atoms with Crippen molar-refractivity contribution >= 4 is 12.0 Å². The lowest BCUT2D eigenvalue weighted by molar-refractivity contribution is -0.116. The van der Waals surface area contributed by atoms with Crippen molar-refractivity contribution in [3.63, 3.8) is 0 Å². The third-order valence-electron chi connectivity index (χ3n) is 4.46. The van der Waals surface area contributed by atoms with E-state index in [-0.39, 0.29) is 11.9 Å². The highest BCUT2D eigenvalue weighted by molar-refractivity contribution is 5.91. The van der Waals surface area contributed by atoms with Gasteiger partial charge in [0.05, 0.1) is 6.04 Å². The summed E-state index contributed by atoms with van der Waals surface area (Å²) in [5.41, 5.74) is 2.30. The van der Waals surface area contributed by atoms with E-state index < -0.39 is 0 Å². The van der Waals surface area contributed by atoms with Gasteiger partial charge in [0.1, 0.15) is 0 Å². The highest BCUT2D eigenvalue weighted by Gasteiger charge is 2.23. The summed E-state index contributed by atoms with van der Waals surface area (Å²) in [6.45, 7) is 2.85. The molecule has 0 radical (unpaired) electrons. The molecule has 3 nitrogen and oxygen atoms in total. The molecule has 2 aromatic rings. The first-order valence-corrected chi connectivity index (χ1v) is 8.63. The molecule has 24 heavy (non-hydrogen) atoms. The molecule has 1 amide bonds. The fraction of sp³-hybridized carbons (Fsp3) is 0.286. The van der Waals surface area contributed by atoms with Crippen molar-refractivity contribution < 1.29 is 4.79 Å². The van der Waals surface area contributed by atoms with Crippen LogP contribution in [0.2, 0.25) is 0 Å². The summed E-state index contributed by atoms with van der Waals surface area (Å²) in [7, 11) is 0. The molecular formula is C21H24N2O. The van der Waals surface area contributed by atoms with E-state index in [0.29, 0.717) is 6.54 Å². The second kappa shape index (κ2) is 8.46. The predicted octanol–water partition coefficient (Wildman–Crippen LogP) is 3.65. The van der Waals surface area contributed by atoms with Crippen molar-refractivity contribution in [2.45, 2.75) is 18.9 Å². The van der Waals surface area contributed by atoms with E-state index in [4.69, 9.17) is 0 Å². The quantitative estimate of drug-likeness (QED) is 0.824. The lowest BCUT2D eigenvalue weighted by Gasteiger charge is -2.28. The van der Waals surface area contributed by atoms with Gasteiger partial charge in [-0.3, -0.25) is 9.69 Å². The first-order chi connectivity index (χ1) is 11.8. The van der Waals surface area contributed by atoms with Crippen molar-refractivity contribution in [3.8, 4) is 0 Å². The van der Waals surface area contributed by atoms with E-state index in [9.17, 15) is 4.79 Å². The Bertz CT molecular complexity index is 661. The van der Waals surface area contributed by atoms with Gasteiger partial charge in [-0.25, -0.2) is 0 Å². The number of carbonyl (C=O) groups is 1. The summed E-state index contributed by atoms with van der Waals surface area (Å²) in [5, 5.41) is 3.06. The van der Waals surface area contributed by atoms with Crippen molar-refractivity contribution in [3.05, 3.63) is 77.9 Å². The van der Waals surface area contributed by atoms with Crippen LogP contribution < -0.4 is 5.32 Å². The van der Waals surface area contributed by atoms with Gasteiger partial charge in [0.2, 0.25) is 5.91 Å². The molecule has 1 N–H and O–H groups in total. The fourth-order valence-corrected chi connectivity index (χ4v) is 3.18. The molecule has 1 atom stereocenters. The molecule has 0 spiro atoms. The summed E-state index contributed by atoms with van der Waals surface area (Å²) in [6, 6.07) is 20.6. The lowest BCUT2D eigenvalue weighted by Crippen LogP contribution is -2.36. The van der Waals surface area contributed by atoms with Gasteiger partial charge in [0.15, 0.2) is 0 Å². The first kappa shape index (κ1) is 16.5. The number of carbonyl (C=O) groups excluding carboxylic acids is 1. The van der Waals surface area contributed by atoms with Gasteiger partial charge in [-0.2, -0.15) is 0 Å².